The zero-order valence-electron chi connectivity index (χ0n) is 24.2. The smallest absolute Gasteiger partial charge is 0.249 e. The van der Waals surface area contributed by atoms with Crippen LogP contribution in [0.4, 0.5) is 5.69 Å². The van der Waals surface area contributed by atoms with Gasteiger partial charge in [-0.2, -0.15) is 4.68 Å². The number of rotatable bonds is 11. The highest BCUT2D eigenvalue weighted by atomic mass is 16.5. The first-order chi connectivity index (χ1) is 21.6. The Kier molecular flexibility index (Phi) is 8.41. The molecule has 1 aliphatic heterocycles. The first-order valence-corrected chi connectivity index (χ1v) is 14.1. The van der Waals surface area contributed by atoms with Crippen molar-refractivity contribution >= 4 is 28.5 Å². The Morgan fingerprint density at radius 2 is 1.95 bits per heavy atom. The zero-order valence-corrected chi connectivity index (χ0v) is 24.2. The van der Waals surface area contributed by atoms with Gasteiger partial charge in [0.2, 0.25) is 11.8 Å². The van der Waals surface area contributed by atoms with Gasteiger partial charge in [-0.3, -0.25) is 14.5 Å². The SMILES string of the molecule is COc1cccc(C(C(=O)NCC2CCCO2)N(C(=O)Cn2nnc3ccccc32)c2ccc(-n3cnnn3)c(OC)c2)c1. The zero-order chi connectivity index (χ0) is 30.5. The van der Waals surface area contributed by atoms with Crippen LogP contribution in [-0.2, 0) is 20.9 Å². The van der Waals surface area contributed by atoms with E-state index in [1.807, 2.05) is 24.3 Å². The summed E-state index contributed by atoms with van der Waals surface area (Å²) < 4.78 is 19.9. The van der Waals surface area contributed by atoms with Crippen LogP contribution in [0.1, 0.15) is 24.4 Å². The van der Waals surface area contributed by atoms with E-state index >= 15 is 0 Å². The van der Waals surface area contributed by atoms with Crippen LogP contribution >= 0.6 is 0 Å². The molecule has 14 nitrogen and oxygen atoms in total. The molecule has 2 amide bonds. The van der Waals surface area contributed by atoms with Crippen molar-refractivity contribution in [1.82, 2.24) is 40.5 Å². The third-order valence-corrected chi connectivity index (χ3v) is 7.46. The molecule has 14 heteroatoms. The molecule has 0 aliphatic carbocycles. The van der Waals surface area contributed by atoms with Gasteiger partial charge in [-0.1, -0.05) is 29.5 Å². The van der Waals surface area contributed by atoms with Crippen molar-refractivity contribution in [2.24, 2.45) is 0 Å². The Morgan fingerprint density at radius 1 is 1.07 bits per heavy atom. The molecule has 44 heavy (non-hydrogen) atoms. The Hall–Kier alpha value is -5.37. The second-order valence-corrected chi connectivity index (χ2v) is 10.2. The molecule has 1 saturated heterocycles. The summed E-state index contributed by atoms with van der Waals surface area (Å²) in [5, 5.41) is 22.8. The lowest BCUT2D eigenvalue weighted by molar-refractivity contribution is -0.127. The summed E-state index contributed by atoms with van der Waals surface area (Å²) in [5.74, 6) is 0.149. The van der Waals surface area contributed by atoms with E-state index in [1.54, 1.807) is 49.6 Å². The minimum absolute atomic E-state index is 0.0914. The molecule has 6 rings (SSSR count). The number of fused-ring (bicyclic) bond motifs is 1. The molecule has 3 heterocycles. The van der Waals surface area contributed by atoms with E-state index in [0.29, 0.717) is 52.6 Å². The number of carbonyl (C=O) groups excluding carboxylic acids is 2. The minimum atomic E-state index is -1.09. The number of amides is 2. The average molecular weight is 598 g/mol. The predicted octanol–water partition coefficient (Wildman–Crippen LogP) is 2.49. The highest BCUT2D eigenvalue weighted by Crippen LogP contribution is 2.35. The van der Waals surface area contributed by atoms with Gasteiger partial charge in [0.25, 0.3) is 0 Å². The topological polar surface area (TPSA) is 151 Å². The van der Waals surface area contributed by atoms with Gasteiger partial charge < -0.3 is 19.5 Å². The number of hydrogen-bond acceptors (Lipinski definition) is 10. The second kappa shape index (κ2) is 12.9. The highest BCUT2D eigenvalue weighted by Gasteiger charge is 2.35. The van der Waals surface area contributed by atoms with E-state index < -0.39 is 11.9 Å². The summed E-state index contributed by atoms with van der Waals surface area (Å²) in [5.41, 5.74) is 2.85. The van der Waals surface area contributed by atoms with Crippen LogP contribution in [0.3, 0.4) is 0 Å². The molecule has 0 bridgehead atoms. The number of tetrazole rings is 1. The van der Waals surface area contributed by atoms with E-state index in [4.69, 9.17) is 14.2 Å². The third-order valence-electron chi connectivity index (χ3n) is 7.46. The first-order valence-electron chi connectivity index (χ1n) is 14.1. The number of carbonyl (C=O) groups is 2. The number of ether oxygens (including phenoxy) is 3. The normalized spacial score (nSPS) is 15.2. The summed E-state index contributed by atoms with van der Waals surface area (Å²) in [7, 11) is 3.06. The molecule has 1 fully saturated rings. The molecule has 2 atom stereocenters. The van der Waals surface area contributed by atoms with Crippen LogP contribution in [0.25, 0.3) is 16.7 Å². The van der Waals surface area contributed by atoms with E-state index in [9.17, 15) is 9.59 Å². The number of anilines is 1. The fourth-order valence-electron chi connectivity index (χ4n) is 5.30. The molecule has 5 aromatic rings. The Balaban J connectivity index is 1.45. The second-order valence-electron chi connectivity index (χ2n) is 10.2. The monoisotopic (exact) mass is 597 g/mol. The quantitative estimate of drug-likeness (QED) is 0.240. The standard InChI is InChI=1S/C30H31N9O5/c1-42-22-8-5-7-20(15-22)29(30(41)31-17-23-9-6-14-44-23)39(28(40)18-37-25-11-4-3-10-24(25)33-35-37)21-12-13-26(27(16-21)43-2)38-19-32-34-36-38/h3-5,7-8,10-13,15-16,19,23,29H,6,9,14,17-18H2,1-2H3,(H,31,41). The maximum Gasteiger partial charge on any atom is 0.249 e. The number of nitrogens with zero attached hydrogens (tertiary/aromatic N) is 8. The molecule has 1 N–H and O–H groups in total. The van der Waals surface area contributed by atoms with Gasteiger partial charge in [0.15, 0.2) is 0 Å². The third kappa shape index (κ3) is 5.92. The van der Waals surface area contributed by atoms with Crippen molar-refractivity contribution in [3.05, 3.63) is 78.6 Å². The fraction of sp³-hybridized carbons (Fsp3) is 0.300. The highest BCUT2D eigenvalue weighted by molar-refractivity contribution is 6.02. The van der Waals surface area contributed by atoms with Crippen LogP contribution in [0.15, 0.2) is 73.1 Å². The van der Waals surface area contributed by atoms with Crippen LogP contribution in [-0.4, -0.2) is 80.5 Å². The fourth-order valence-corrected chi connectivity index (χ4v) is 5.30. The van der Waals surface area contributed by atoms with Crippen LogP contribution in [0, 0.1) is 0 Å². The van der Waals surface area contributed by atoms with Crippen LogP contribution < -0.4 is 19.7 Å². The number of hydrogen-bond donors (Lipinski definition) is 1. The van der Waals surface area contributed by atoms with E-state index in [-0.39, 0.29) is 18.6 Å². The summed E-state index contributed by atoms with van der Waals surface area (Å²) in [6, 6.07) is 18.5. The molecule has 0 radical (unpaired) electrons. The van der Waals surface area contributed by atoms with Crippen molar-refractivity contribution in [2.45, 2.75) is 31.5 Å². The van der Waals surface area contributed by atoms with Crippen molar-refractivity contribution in [2.75, 3.05) is 32.3 Å². The number of benzene rings is 3. The number of para-hydroxylation sites is 1. The van der Waals surface area contributed by atoms with Crippen molar-refractivity contribution in [1.29, 1.82) is 0 Å². The Morgan fingerprint density at radius 3 is 2.73 bits per heavy atom. The molecule has 0 saturated carbocycles. The van der Waals surface area contributed by atoms with Gasteiger partial charge in [0, 0.05) is 24.9 Å². The average Bonchev–Trinajstić information content (AvgIpc) is 3.86. The summed E-state index contributed by atoms with van der Waals surface area (Å²) in [4.78, 5) is 30.0. The van der Waals surface area contributed by atoms with E-state index in [0.717, 1.165) is 12.8 Å². The van der Waals surface area contributed by atoms with Crippen molar-refractivity contribution in [3.8, 4) is 17.2 Å². The molecule has 226 valence electrons. The number of aromatic nitrogens is 7. The van der Waals surface area contributed by atoms with E-state index in [1.165, 1.54) is 27.7 Å². The van der Waals surface area contributed by atoms with E-state index in [2.05, 4.69) is 31.2 Å². The summed E-state index contributed by atoms with van der Waals surface area (Å²) in [6.07, 6.45) is 3.13. The van der Waals surface area contributed by atoms with Gasteiger partial charge in [-0.15, -0.1) is 10.2 Å². The molecule has 1 aliphatic rings. The lowest BCUT2D eigenvalue weighted by Gasteiger charge is -2.32. The van der Waals surface area contributed by atoms with Gasteiger partial charge in [-0.25, -0.2) is 4.68 Å². The Bertz CT molecular complexity index is 1750. The number of methoxy groups -OCH3 is 2. The Labute approximate surface area is 252 Å². The van der Waals surface area contributed by atoms with Crippen molar-refractivity contribution < 1.29 is 23.8 Å². The van der Waals surface area contributed by atoms with Gasteiger partial charge >= 0.3 is 0 Å². The molecule has 2 unspecified atom stereocenters. The minimum Gasteiger partial charge on any atom is -0.497 e. The first kappa shape index (κ1) is 28.7. The summed E-state index contributed by atoms with van der Waals surface area (Å²) >= 11 is 0. The van der Waals surface area contributed by atoms with Crippen LogP contribution in [0.2, 0.25) is 0 Å². The maximum absolute atomic E-state index is 14.4. The molecular formula is C30H31N9O5. The molecule has 0 spiro atoms. The van der Waals surface area contributed by atoms with Gasteiger partial charge in [0.1, 0.15) is 41.6 Å². The number of nitrogens with one attached hydrogen (secondary N) is 1. The summed E-state index contributed by atoms with van der Waals surface area (Å²) in [6.45, 7) is 0.789. The lowest BCUT2D eigenvalue weighted by Crippen LogP contribution is -2.46. The van der Waals surface area contributed by atoms with Crippen LogP contribution in [0.5, 0.6) is 11.5 Å². The molecular weight excluding hydrogens is 566 g/mol. The molecule has 2 aromatic heterocycles. The largest absolute Gasteiger partial charge is 0.497 e. The molecule has 3 aromatic carbocycles. The predicted molar refractivity (Wildman–Crippen MR) is 158 cm³/mol. The lowest BCUT2D eigenvalue weighted by atomic mass is 10.0. The maximum atomic E-state index is 14.4. The van der Waals surface area contributed by atoms with Gasteiger partial charge in [-0.05, 0) is 65.2 Å². The van der Waals surface area contributed by atoms with Gasteiger partial charge in [0.05, 0.1) is 25.8 Å². The van der Waals surface area contributed by atoms with Crippen molar-refractivity contribution in [3.63, 3.8) is 0 Å².